The molecule has 2 N–H and O–H groups in total. The van der Waals surface area contributed by atoms with Crippen molar-refractivity contribution in [3.63, 3.8) is 0 Å². The number of likely N-dealkylation sites (N-methyl/N-ethyl adjacent to an activating group) is 1. The minimum Gasteiger partial charge on any atom is -0.380 e. The van der Waals surface area contributed by atoms with E-state index in [1.54, 1.807) is 11.3 Å². The van der Waals surface area contributed by atoms with E-state index < -0.39 is 0 Å². The van der Waals surface area contributed by atoms with Gasteiger partial charge >= 0.3 is 0 Å². The molecule has 0 aromatic carbocycles. The second-order valence-electron chi connectivity index (χ2n) is 5.66. The van der Waals surface area contributed by atoms with E-state index in [4.69, 9.17) is 10.5 Å². The molecule has 2 atom stereocenters. The van der Waals surface area contributed by atoms with E-state index in [-0.39, 0.29) is 12.1 Å². The molecular weight excluding hydrogens is 336 g/mol. The van der Waals surface area contributed by atoms with Crippen LogP contribution in [0.2, 0.25) is 0 Å². The van der Waals surface area contributed by atoms with Crippen LogP contribution in [0.1, 0.15) is 37.1 Å². The van der Waals surface area contributed by atoms with Crippen LogP contribution in [0.15, 0.2) is 15.9 Å². The topological polar surface area (TPSA) is 38.5 Å². The van der Waals surface area contributed by atoms with E-state index in [2.05, 4.69) is 46.9 Å². The molecule has 1 saturated carbocycles. The summed E-state index contributed by atoms with van der Waals surface area (Å²) >= 11 is 5.32. The van der Waals surface area contributed by atoms with Gasteiger partial charge in [-0.2, -0.15) is 0 Å². The predicted octanol–water partition coefficient (Wildman–Crippen LogP) is 3.65. The van der Waals surface area contributed by atoms with Crippen LogP contribution >= 0.6 is 27.3 Å². The largest absolute Gasteiger partial charge is 0.380 e. The molecule has 0 saturated heterocycles. The van der Waals surface area contributed by atoms with E-state index in [0.29, 0.717) is 0 Å². The number of nitrogens with zero attached hydrogens (tertiary/aromatic N) is 1. The van der Waals surface area contributed by atoms with Crippen LogP contribution < -0.4 is 5.73 Å². The van der Waals surface area contributed by atoms with E-state index in [1.807, 2.05) is 0 Å². The molecule has 0 spiro atoms. The first-order valence-electron chi connectivity index (χ1n) is 7.40. The smallest absolute Gasteiger partial charge is 0.0702 e. The lowest BCUT2D eigenvalue weighted by atomic mass is 10.0. The summed E-state index contributed by atoms with van der Waals surface area (Å²) < 4.78 is 6.91. The van der Waals surface area contributed by atoms with E-state index in [1.165, 1.54) is 21.5 Å². The second kappa shape index (κ2) is 7.90. The molecule has 0 radical (unpaired) electrons. The number of nitrogens with two attached hydrogens (primary N) is 1. The fourth-order valence-electron chi connectivity index (χ4n) is 2.35. The van der Waals surface area contributed by atoms with Crippen LogP contribution in [0.3, 0.4) is 0 Å². The summed E-state index contributed by atoms with van der Waals surface area (Å²) in [6.07, 6.45) is 3.68. The Balaban J connectivity index is 1.87. The summed E-state index contributed by atoms with van der Waals surface area (Å²) in [6, 6.07) is 4.72. The maximum absolute atomic E-state index is 6.33. The summed E-state index contributed by atoms with van der Waals surface area (Å²) in [4.78, 5) is 3.66. The summed E-state index contributed by atoms with van der Waals surface area (Å²) in [5.74, 6) is 0.835. The quantitative estimate of drug-likeness (QED) is 0.683. The van der Waals surface area contributed by atoms with E-state index in [9.17, 15) is 0 Å². The van der Waals surface area contributed by atoms with Crippen LogP contribution in [-0.4, -0.2) is 37.7 Å². The molecule has 0 amide bonds. The number of thiophene rings is 1. The predicted molar refractivity (Wildman–Crippen MR) is 89.2 cm³/mol. The minimum atomic E-state index is 0.161. The number of hydrogen-bond donors (Lipinski definition) is 1. The van der Waals surface area contributed by atoms with Crippen molar-refractivity contribution < 1.29 is 4.74 Å². The van der Waals surface area contributed by atoms with E-state index in [0.717, 1.165) is 32.1 Å². The molecule has 1 aromatic rings. The first-order valence-corrected chi connectivity index (χ1v) is 9.01. The molecule has 2 rings (SSSR count). The molecular formula is C15H25BrN2OS. The van der Waals surface area contributed by atoms with Gasteiger partial charge in [0.25, 0.3) is 0 Å². The van der Waals surface area contributed by atoms with Gasteiger partial charge in [-0.15, -0.1) is 11.3 Å². The lowest BCUT2D eigenvalue weighted by Gasteiger charge is -2.31. The van der Waals surface area contributed by atoms with Crippen LogP contribution in [-0.2, 0) is 4.74 Å². The summed E-state index contributed by atoms with van der Waals surface area (Å²) in [6.45, 7) is 4.81. The Hall–Kier alpha value is 0.0600. The van der Waals surface area contributed by atoms with Crippen molar-refractivity contribution >= 4 is 27.3 Å². The van der Waals surface area contributed by atoms with E-state index >= 15 is 0 Å². The molecule has 1 aliphatic carbocycles. The molecule has 1 aliphatic rings. The fraction of sp³-hybridized carbons (Fsp3) is 0.733. The molecule has 114 valence electrons. The standard InChI is InChI=1S/C15H25BrN2OS/c1-3-12(17)15(13-6-7-14(16)20-13)18(2)8-9-19-10-11-4-5-11/h6-7,11-12,15H,3-5,8-10,17H2,1-2H3. The molecule has 1 heterocycles. The van der Waals surface area contributed by atoms with Gasteiger partial charge in [-0.1, -0.05) is 6.92 Å². The highest BCUT2D eigenvalue weighted by molar-refractivity contribution is 9.11. The van der Waals surface area contributed by atoms with Crippen molar-refractivity contribution in [3.8, 4) is 0 Å². The van der Waals surface area contributed by atoms with Crippen molar-refractivity contribution in [3.05, 3.63) is 20.8 Å². The van der Waals surface area contributed by atoms with Gasteiger partial charge in [-0.05, 0) is 60.3 Å². The highest BCUT2D eigenvalue weighted by Gasteiger charge is 2.25. The summed E-state index contributed by atoms with van der Waals surface area (Å²) in [5.41, 5.74) is 6.33. The third-order valence-corrected chi connectivity index (χ3v) is 5.57. The average Bonchev–Trinajstić information content (AvgIpc) is 3.16. The molecule has 1 aromatic heterocycles. The van der Waals surface area contributed by atoms with Gasteiger partial charge in [0.1, 0.15) is 0 Å². The fourth-order valence-corrected chi connectivity index (χ4v) is 4.01. The third kappa shape index (κ3) is 4.81. The van der Waals surface area contributed by atoms with Gasteiger partial charge in [0.2, 0.25) is 0 Å². The molecule has 3 nitrogen and oxygen atoms in total. The maximum atomic E-state index is 6.33. The minimum absolute atomic E-state index is 0.161. The van der Waals surface area contributed by atoms with Crippen molar-refractivity contribution in [1.82, 2.24) is 4.90 Å². The maximum Gasteiger partial charge on any atom is 0.0702 e. The number of rotatable bonds is 9. The Morgan fingerprint density at radius 2 is 2.25 bits per heavy atom. The molecule has 0 bridgehead atoms. The number of halogens is 1. The Kier molecular flexibility index (Phi) is 6.49. The van der Waals surface area contributed by atoms with Crippen molar-refractivity contribution in [2.24, 2.45) is 11.7 Å². The molecule has 20 heavy (non-hydrogen) atoms. The van der Waals surface area contributed by atoms with Crippen LogP contribution in [0, 0.1) is 5.92 Å². The van der Waals surface area contributed by atoms with Gasteiger partial charge in [0, 0.05) is 24.1 Å². The van der Waals surface area contributed by atoms with Crippen molar-refractivity contribution in [1.29, 1.82) is 0 Å². The zero-order valence-corrected chi connectivity index (χ0v) is 14.8. The second-order valence-corrected chi connectivity index (χ2v) is 8.15. The lowest BCUT2D eigenvalue weighted by molar-refractivity contribution is 0.0868. The summed E-state index contributed by atoms with van der Waals surface area (Å²) in [5, 5.41) is 0. The van der Waals surface area contributed by atoms with Gasteiger partial charge in [0.05, 0.1) is 16.4 Å². The number of ether oxygens (including phenoxy) is 1. The van der Waals surface area contributed by atoms with Crippen LogP contribution in [0.5, 0.6) is 0 Å². The van der Waals surface area contributed by atoms with Crippen molar-refractivity contribution in [2.75, 3.05) is 26.8 Å². The Morgan fingerprint density at radius 3 is 2.80 bits per heavy atom. The van der Waals surface area contributed by atoms with Crippen LogP contribution in [0.25, 0.3) is 0 Å². The lowest BCUT2D eigenvalue weighted by Crippen LogP contribution is -2.39. The Labute approximate surface area is 134 Å². The molecule has 1 fully saturated rings. The number of hydrogen-bond acceptors (Lipinski definition) is 4. The Bertz CT molecular complexity index is 408. The third-order valence-electron chi connectivity index (χ3n) is 3.88. The van der Waals surface area contributed by atoms with Gasteiger partial charge in [-0.25, -0.2) is 0 Å². The normalized spacial score (nSPS) is 18.4. The Morgan fingerprint density at radius 1 is 1.50 bits per heavy atom. The highest BCUT2D eigenvalue weighted by Crippen LogP contribution is 2.32. The molecule has 5 heteroatoms. The zero-order chi connectivity index (χ0) is 14.5. The first-order chi connectivity index (χ1) is 9.61. The van der Waals surface area contributed by atoms with Crippen LogP contribution in [0.4, 0.5) is 0 Å². The molecule has 2 unspecified atom stereocenters. The SMILES string of the molecule is CCC(N)C(c1ccc(Br)s1)N(C)CCOCC1CC1. The summed E-state index contributed by atoms with van der Waals surface area (Å²) in [7, 11) is 2.15. The molecule has 0 aliphatic heterocycles. The average molecular weight is 361 g/mol. The first kappa shape index (κ1) is 16.4. The monoisotopic (exact) mass is 360 g/mol. The van der Waals surface area contributed by atoms with Gasteiger partial charge in [0.15, 0.2) is 0 Å². The van der Waals surface area contributed by atoms with Gasteiger partial charge < -0.3 is 10.5 Å². The van der Waals surface area contributed by atoms with Gasteiger partial charge in [-0.3, -0.25) is 4.90 Å². The zero-order valence-electron chi connectivity index (χ0n) is 12.3. The van der Waals surface area contributed by atoms with Crippen molar-refractivity contribution in [2.45, 2.75) is 38.3 Å². The highest BCUT2D eigenvalue weighted by atomic mass is 79.9.